The van der Waals surface area contributed by atoms with E-state index in [1.54, 1.807) is 7.11 Å². The quantitative estimate of drug-likeness (QED) is 0.742. The molecule has 0 aliphatic rings. The number of methoxy groups -OCH3 is 1. The van der Waals surface area contributed by atoms with E-state index in [4.69, 9.17) is 4.74 Å². The first-order valence-electron chi connectivity index (χ1n) is 3.54. The molecule has 0 atom stereocenters. The molecule has 0 radical (unpaired) electrons. The van der Waals surface area contributed by atoms with Crippen molar-refractivity contribution in [3.63, 3.8) is 0 Å². The predicted octanol–water partition coefficient (Wildman–Crippen LogP) is 2.20. The van der Waals surface area contributed by atoms with E-state index >= 15 is 0 Å². The first kappa shape index (κ1) is 9.26. The number of hydrogen-bond donors (Lipinski definition) is 0. The third-order valence-electron chi connectivity index (χ3n) is 1.56. The average Bonchev–Trinajstić information content (AvgIpc) is 2.09. The van der Waals surface area contributed by atoms with Crippen LogP contribution in [-0.4, -0.2) is 13.4 Å². The van der Waals surface area contributed by atoms with E-state index in [9.17, 15) is 4.79 Å². The zero-order chi connectivity index (χ0) is 8.97. The highest BCUT2D eigenvalue weighted by atomic mass is 79.9. The van der Waals surface area contributed by atoms with Crippen molar-refractivity contribution in [2.24, 2.45) is 0 Å². The molecule has 0 unspecified atom stereocenters. The SMILES string of the molecule is COc1ccc(CC=O)c(Br)c1. The second-order valence-electron chi connectivity index (χ2n) is 2.33. The summed E-state index contributed by atoms with van der Waals surface area (Å²) in [6.07, 6.45) is 1.32. The molecule has 0 N–H and O–H groups in total. The highest BCUT2D eigenvalue weighted by Crippen LogP contribution is 2.22. The summed E-state index contributed by atoms with van der Waals surface area (Å²) in [4.78, 5) is 10.2. The fraction of sp³-hybridized carbons (Fsp3) is 0.222. The smallest absolute Gasteiger partial charge is 0.124 e. The number of aldehydes is 1. The lowest BCUT2D eigenvalue weighted by atomic mass is 10.2. The number of ether oxygens (including phenoxy) is 1. The molecule has 0 aliphatic heterocycles. The van der Waals surface area contributed by atoms with Gasteiger partial charge < -0.3 is 9.53 Å². The van der Waals surface area contributed by atoms with Crippen molar-refractivity contribution in [1.29, 1.82) is 0 Å². The van der Waals surface area contributed by atoms with Gasteiger partial charge in [0, 0.05) is 10.9 Å². The minimum atomic E-state index is 0.435. The summed E-state index contributed by atoms with van der Waals surface area (Å²) in [5.74, 6) is 0.788. The molecule has 0 aliphatic carbocycles. The Kier molecular flexibility index (Phi) is 3.29. The number of carbonyl (C=O) groups excluding carboxylic acids is 1. The summed E-state index contributed by atoms with van der Waals surface area (Å²) < 4.78 is 5.92. The van der Waals surface area contributed by atoms with Crippen LogP contribution < -0.4 is 4.74 Å². The number of rotatable bonds is 3. The van der Waals surface area contributed by atoms with Gasteiger partial charge >= 0.3 is 0 Å². The first-order chi connectivity index (χ1) is 5.77. The summed E-state index contributed by atoms with van der Waals surface area (Å²) in [6.45, 7) is 0. The molecule has 0 aromatic heterocycles. The van der Waals surface area contributed by atoms with Gasteiger partial charge in [-0.1, -0.05) is 22.0 Å². The summed E-state index contributed by atoms with van der Waals surface area (Å²) in [6, 6.07) is 5.56. The van der Waals surface area contributed by atoms with Crippen molar-refractivity contribution in [3.8, 4) is 5.75 Å². The molecule has 1 aromatic rings. The molecule has 3 heteroatoms. The van der Waals surface area contributed by atoms with Crippen LogP contribution in [0.5, 0.6) is 5.75 Å². The Bertz CT molecular complexity index is 284. The number of carbonyl (C=O) groups is 1. The van der Waals surface area contributed by atoms with Crippen LogP contribution in [0, 0.1) is 0 Å². The maximum Gasteiger partial charge on any atom is 0.124 e. The van der Waals surface area contributed by atoms with Gasteiger partial charge in [-0.05, 0) is 17.7 Å². The van der Waals surface area contributed by atoms with Gasteiger partial charge in [-0.15, -0.1) is 0 Å². The van der Waals surface area contributed by atoms with Crippen LogP contribution >= 0.6 is 15.9 Å². The minimum Gasteiger partial charge on any atom is -0.497 e. The van der Waals surface area contributed by atoms with Crippen molar-refractivity contribution in [2.45, 2.75) is 6.42 Å². The lowest BCUT2D eigenvalue weighted by Gasteiger charge is -2.03. The molecule has 0 heterocycles. The fourth-order valence-electron chi connectivity index (χ4n) is 0.910. The van der Waals surface area contributed by atoms with Crippen LogP contribution in [0.3, 0.4) is 0 Å². The summed E-state index contributed by atoms with van der Waals surface area (Å²) in [5, 5.41) is 0. The third kappa shape index (κ3) is 2.08. The Balaban J connectivity index is 2.94. The van der Waals surface area contributed by atoms with Crippen molar-refractivity contribution >= 4 is 22.2 Å². The first-order valence-corrected chi connectivity index (χ1v) is 4.33. The van der Waals surface area contributed by atoms with Crippen LogP contribution in [0.1, 0.15) is 5.56 Å². The van der Waals surface area contributed by atoms with Gasteiger partial charge in [0.05, 0.1) is 7.11 Å². The maximum atomic E-state index is 10.2. The molecule has 12 heavy (non-hydrogen) atoms. The van der Waals surface area contributed by atoms with Crippen LogP contribution in [0.25, 0.3) is 0 Å². The molecule has 1 rings (SSSR count). The zero-order valence-electron chi connectivity index (χ0n) is 6.71. The Morgan fingerprint density at radius 1 is 1.58 bits per heavy atom. The number of benzene rings is 1. The summed E-state index contributed by atoms with van der Waals surface area (Å²) in [5.41, 5.74) is 0.978. The fourth-order valence-corrected chi connectivity index (χ4v) is 1.43. The molecule has 0 bridgehead atoms. The van der Waals surface area contributed by atoms with Gasteiger partial charge in [-0.25, -0.2) is 0 Å². The van der Waals surface area contributed by atoms with E-state index in [0.29, 0.717) is 6.42 Å². The topological polar surface area (TPSA) is 26.3 Å². The second kappa shape index (κ2) is 4.26. The van der Waals surface area contributed by atoms with Crippen molar-refractivity contribution in [3.05, 3.63) is 28.2 Å². The van der Waals surface area contributed by atoms with E-state index in [1.165, 1.54) is 0 Å². The molecular formula is C9H9BrO2. The van der Waals surface area contributed by atoms with Gasteiger partial charge in [0.25, 0.3) is 0 Å². The van der Waals surface area contributed by atoms with Crippen LogP contribution in [-0.2, 0) is 11.2 Å². The summed E-state index contributed by atoms with van der Waals surface area (Å²) in [7, 11) is 1.61. The Hall–Kier alpha value is -0.830. The summed E-state index contributed by atoms with van der Waals surface area (Å²) >= 11 is 3.35. The van der Waals surface area contributed by atoms with E-state index in [2.05, 4.69) is 15.9 Å². The largest absolute Gasteiger partial charge is 0.497 e. The molecule has 0 saturated carbocycles. The van der Waals surface area contributed by atoms with E-state index in [-0.39, 0.29) is 0 Å². The maximum absolute atomic E-state index is 10.2. The molecule has 0 spiro atoms. The highest BCUT2D eigenvalue weighted by Gasteiger charge is 2.00. The van der Waals surface area contributed by atoms with Gasteiger partial charge in [0.15, 0.2) is 0 Å². The van der Waals surface area contributed by atoms with Gasteiger partial charge in [-0.3, -0.25) is 0 Å². The van der Waals surface area contributed by atoms with Crippen molar-refractivity contribution < 1.29 is 9.53 Å². The van der Waals surface area contributed by atoms with Crippen LogP contribution in [0.15, 0.2) is 22.7 Å². The zero-order valence-corrected chi connectivity index (χ0v) is 8.30. The molecule has 0 amide bonds. The molecule has 1 aromatic carbocycles. The molecular weight excluding hydrogens is 220 g/mol. The Morgan fingerprint density at radius 2 is 2.33 bits per heavy atom. The van der Waals surface area contributed by atoms with E-state index in [0.717, 1.165) is 22.1 Å². The third-order valence-corrected chi connectivity index (χ3v) is 2.30. The van der Waals surface area contributed by atoms with E-state index in [1.807, 2.05) is 18.2 Å². The normalized spacial score (nSPS) is 9.50. The number of halogens is 1. The molecule has 2 nitrogen and oxygen atoms in total. The molecule has 64 valence electrons. The monoisotopic (exact) mass is 228 g/mol. The minimum absolute atomic E-state index is 0.435. The molecule has 0 fully saturated rings. The van der Waals surface area contributed by atoms with Crippen LogP contribution in [0.2, 0.25) is 0 Å². The van der Waals surface area contributed by atoms with Gasteiger partial charge in [-0.2, -0.15) is 0 Å². The van der Waals surface area contributed by atoms with Crippen LogP contribution in [0.4, 0.5) is 0 Å². The van der Waals surface area contributed by atoms with E-state index < -0.39 is 0 Å². The highest BCUT2D eigenvalue weighted by molar-refractivity contribution is 9.10. The average molecular weight is 229 g/mol. The Morgan fingerprint density at radius 3 is 2.83 bits per heavy atom. The van der Waals surface area contributed by atoms with Gasteiger partial charge in [0.1, 0.15) is 12.0 Å². The number of hydrogen-bond acceptors (Lipinski definition) is 2. The lowest BCUT2D eigenvalue weighted by molar-refractivity contribution is -0.107. The Labute approximate surface area is 79.7 Å². The predicted molar refractivity (Wildman–Crippen MR) is 50.5 cm³/mol. The molecule has 0 saturated heterocycles. The van der Waals surface area contributed by atoms with Crippen molar-refractivity contribution in [1.82, 2.24) is 0 Å². The lowest BCUT2D eigenvalue weighted by Crippen LogP contribution is -1.89. The second-order valence-corrected chi connectivity index (χ2v) is 3.18. The van der Waals surface area contributed by atoms with Gasteiger partial charge in [0.2, 0.25) is 0 Å². The van der Waals surface area contributed by atoms with Crippen molar-refractivity contribution in [2.75, 3.05) is 7.11 Å². The standard InChI is InChI=1S/C9H9BrO2/c1-12-8-3-2-7(4-5-11)9(10)6-8/h2-3,5-6H,4H2,1H3.